The van der Waals surface area contributed by atoms with E-state index in [2.05, 4.69) is 31.9 Å². The Morgan fingerprint density at radius 1 is 0.517 bits per heavy atom. The first-order valence-corrected chi connectivity index (χ1v) is 30.8. The number of fused-ring (bicyclic) bond motifs is 3. The quantitative estimate of drug-likeness (QED) is 0.0791. The SMILES string of the molecule is C[C@H](NC(=O)CNC(=O)[C@H](COC(C)(C)C)NC(=O)[C@H](COC(C)(C)C)NC(=O)[C@@H]1CCCN1C(=O)CNC(=O)OCC1c2ccccc2-c2ccccc21)C(=O)N1CCC[C@H]1C(=O)N1CCC[C@H]1C(=O)N1CCC[C@H]1C(=O)N[C@@H](COC(C)(C)C)C(=O)O. The van der Waals surface area contributed by atoms with Crippen molar-refractivity contribution in [1.82, 2.24) is 51.5 Å². The van der Waals surface area contributed by atoms with Gasteiger partial charge in [-0.3, -0.25) is 43.2 Å². The Bertz CT molecular complexity index is 2910. The van der Waals surface area contributed by atoms with Gasteiger partial charge in [0.25, 0.3) is 0 Å². The number of benzene rings is 2. The van der Waals surface area contributed by atoms with Gasteiger partial charge in [0.1, 0.15) is 55.4 Å². The lowest BCUT2D eigenvalue weighted by atomic mass is 9.98. The van der Waals surface area contributed by atoms with Gasteiger partial charge in [-0.1, -0.05) is 48.5 Å². The molecule has 8 atom stereocenters. The highest BCUT2D eigenvalue weighted by atomic mass is 16.5. The summed E-state index contributed by atoms with van der Waals surface area (Å²) < 4.78 is 23.1. The van der Waals surface area contributed by atoms with Gasteiger partial charge >= 0.3 is 12.1 Å². The third kappa shape index (κ3) is 18.5. The second kappa shape index (κ2) is 29.7. The highest BCUT2D eigenvalue weighted by molar-refractivity contribution is 5.98. The molecule has 7 rings (SSSR count). The zero-order chi connectivity index (χ0) is 65.1. The summed E-state index contributed by atoms with van der Waals surface area (Å²) in [6, 6.07) is 6.60. The molecular weight excluding hydrogens is 1150 g/mol. The highest BCUT2D eigenvalue weighted by Crippen LogP contribution is 2.44. The van der Waals surface area contributed by atoms with Gasteiger partial charge in [-0.25, -0.2) is 9.59 Å². The molecular formula is C63H90N10O16. The van der Waals surface area contributed by atoms with Crippen LogP contribution in [0.4, 0.5) is 4.79 Å². The lowest BCUT2D eigenvalue weighted by Gasteiger charge is -2.34. The zero-order valence-electron chi connectivity index (χ0n) is 52.9. The molecule has 4 aliphatic heterocycles. The van der Waals surface area contributed by atoms with Gasteiger partial charge in [0, 0.05) is 32.1 Å². The number of alkyl carbamates (subject to hydrolysis) is 1. The van der Waals surface area contributed by atoms with Crippen LogP contribution in [0.2, 0.25) is 0 Å². The first kappa shape index (κ1) is 68.8. The molecule has 0 saturated carbocycles. The van der Waals surface area contributed by atoms with Gasteiger partial charge in [0.05, 0.1) is 43.2 Å². The first-order valence-electron chi connectivity index (χ1n) is 30.8. The van der Waals surface area contributed by atoms with Crippen molar-refractivity contribution in [2.75, 3.05) is 65.7 Å². The van der Waals surface area contributed by atoms with Crippen LogP contribution in [0.15, 0.2) is 48.5 Å². The molecule has 4 heterocycles. The van der Waals surface area contributed by atoms with Crippen LogP contribution in [-0.2, 0) is 66.9 Å². The molecule has 1 aliphatic carbocycles. The number of carbonyl (C=O) groups excluding carboxylic acids is 10. The van der Waals surface area contributed by atoms with Crippen molar-refractivity contribution < 1.29 is 76.8 Å². The number of ether oxygens (including phenoxy) is 4. The molecule has 0 unspecified atom stereocenters. The van der Waals surface area contributed by atoms with E-state index >= 15 is 0 Å². The second-order valence-corrected chi connectivity index (χ2v) is 26.3. The van der Waals surface area contributed by atoms with Crippen molar-refractivity contribution in [1.29, 1.82) is 0 Å². The Morgan fingerprint density at radius 2 is 0.944 bits per heavy atom. The Labute approximate surface area is 519 Å². The monoisotopic (exact) mass is 1240 g/mol. The molecule has 7 N–H and O–H groups in total. The predicted molar refractivity (Wildman–Crippen MR) is 323 cm³/mol. The molecule has 5 aliphatic rings. The number of hydrogen-bond acceptors (Lipinski definition) is 15. The van der Waals surface area contributed by atoms with Gasteiger partial charge < -0.3 is 75.6 Å². The number of carbonyl (C=O) groups is 11. The fourth-order valence-corrected chi connectivity index (χ4v) is 11.7. The van der Waals surface area contributed by atoms with Crippen LogP contribution in [0.25, 0.3) is 11.1 Å². The van der Waals surface area contributed by atoms with E-state index in [1.807, 2.05) is 48.5 Å². The standard InChI is InChI=1S/C63H90N10O16/c1-37(56(80)72-29-17-25-48(72)58(82)73-30-18-26-49(73)57(81)71-28-16-24-47(71)55(79)69-45(59(83)84)36-89-63(8,9)10)66-50(74)31-64-52(76)43(34-87-61(2,3)4)67-53(77)44(35-88-62(5,6)7)68-54(78)46-23-15-27-70(46)51(75)32-65-60(85)86-33-42-40-21-13-11-19-38(40)39-20-12-14-22-41(39)42/h11-14,19-22,37,42-49H,15-18,23-36H2,1-10H3,(H,64,76)(H,65,85)(H,66,74)(H,67,77)(H,68,78)(H,69,79)(H,83,84)/t37-,43-,44-,45-,46-,47-,48-,49-/m0/s1. The maximum Gasteiger partial charge on any atom is 0.407 e. The van der Waals surface area contributed by atoms with Crippen molar-refractivity contribution in [3.63, 3.8) is 0 Å². The Hall–Kier alpha value is -7.71. The summed E-state index contributed by atoms with van der Waals surface area (Å²) in [7, 11) is 0. The summed E-state index contributed by atoms with van der Waals surface area (Å²) in [4.78, 5) is 156. The van der Waals surface area contributed by atoms with E-state index in [-0.39, 0.29) is 64.9 Å². The largest absolute Gasteiger partial charge is 0.480 e. The van der Waals surface area contributed by atoms with E-state index < -0.39 is 143 Å². The summed E-state index contributed by atoms with van der Waals surface area (Å²) >= 11 is 0. The van der Waals surface area contributed by atoms with Crippen molar-refractivity contribution in [3.8, 4) is 11.1 Å². The summed E-state index contributed by atoms with van der Waals surface area (Å²) in [6.07, 6.45) is 2.26. The van der Waals surface area contributed by atoms with E-state index in [0.717, 1.165) is 22.3 Å². The second-order valence-electron chi connectivity index (χ2n) is 26.3. The van der Waals surface area contributed by atoms with Gasteiger partial charge in [-0.2, -0.15) is 0 Å². The topological polar surface area (TPSA) is 330 Å². The average Bonchev–Trinajstić information content (AvgIpc) is 2.40. The molecule has 0 spiro atoms. The third-order valence-corrected chi connectivity index (χ3v) is 16.2. The predicted octanol–water partition coefficient (Wildman–Crippen LogP) is 2.09. The van der Waals surface area contributed by atoms with Gasteiger partial charge in [0.15, 0.2) is 6.04 Å². The third-order valence-electron chi connectivity index (χ3n) is 16.2. The number of likely N-dealkylation sites (tertiary alicyclic amines) is 4. The van der Waals surface area contributed by atoms with Crippen molar-refractivity contribution in [2.24, 2.45) is 0 Å². The smallest absolute Gasteiger partial charge is 0.407 e. The number of carboxylic acids is 1. The van der Waals surface area contributed by atoms with Crippen molar-refractivity contribution in [2.45, 2.75) is 192 Å². The minimum atomic E-state index is -1.43. The van der Waals surface area contributed by atoms with Crippen LogP contribution in [-0.4, -0.2) is 221 Å². The van der Waals surface area contributed by atoms with Crippen LogP contribution in [0, 0.1) is 0 Å². The number of aliphatic carboxylic acids is 1. The average molecular weight is 1240 g/mol. The molecule has 26 heteroatoms. The van der Waals surface area contributed by atoms with Gasteiger partial charge in [-0.15, -0.1) is 0 Å². The van der Waals surface area contributed by atoms with Crippen LogP contribution in [0.1, 0.15) is 138 Å². The van der Waals surface area contributed by atoms with E-state index in [1.54, 1.807) is 62.3 Å². The Morgan fingerprint density at radius 3 is 1.46 bits per heavy atom. The van der Waals surface area contributed by atoms with Crippen molar-refractivity contribution >= 4 is 65.2 Å². The number of nitrogens with zero attached hydrogens (tertiary/aromatic N) is 4. The molecule has 0 radical (unpaired) electrons. The zero-order valence-corrected chi connectivity index (χ0v) is 52.9. The molecule has 2 aromatic rings. The molecule has 10 amide bonds. The van der Waals surface area contributed by atoms with Gasteiger partial charge in [-0.05, 0) is 143 Å². The van der Waals surface area contributed by atoms with Crippen molar-refractivity contribution in [3.05, 3.63) is 59.7 Å². The number of carboxylic acid groups (broad SMARTS) is 1. The maximum atomic E-state index is 14.3. The molecule has 89 heavy (non-hydrogen) atoms. The Kier molecular flexibility index (Phi) is 23.0. The van der Waals surface area contributed by atoms with E-state index in [4.69, 9.17) is 18.9 Å². The molecule has 0 bridgehead atoms. The van der Waals surface area contributed by atoms with E-state index in [1.165, 1.54) is 26.5 Å². The number of amides is 10. The number of nitrogens with one attached hydrogen (secondary N) is 6. The highest BCUT2D eigenvalue weighted by Gasteiger charge is 2.47. The number of hydrogen-bond donors (Lipinski definition) is 7. The fraction of sp³-hybridized carbons (Fsp3) is 0.635. The fourth-order valence-electron chi connectivity index (χ4n) is 11.7. The molecule has 2 aromatic carbocycles. The maximum absolute atomic E-state index is 14.3. The summed E-state index contributed by atoms with van der Waals surface area (Å²) in [5.74, 6) is -7.27. The van der Waals surface area contributed by atoms with Crippen LogP contribution < -0.4 is 31.9 Å². The van der Waals surface area contributed by atoms with Crippen LogP contribution in [0.3, 0.4) is 0 Å². The molecule has 4 fully saturated rings. The lowest BCUT2D eigenvalue weighted by Crippen LogP contribution is -2.60. The van der Waals surface area contributed by atoms with E-state index in [0.29, 0.717) is 44.9 Å². The Balaban J connectivity index is 0.911. The normalized spacial score (nSPS) is 20.6. The lowest BCUT2D eigenvalue weighted by molar-refractivity contribution is -0.151. The van der Waals surface area contributed by atoms with Crippen LogP contribution in [0.5, 0.6) is 0 Å². The molecule has 4 saturated heterocycles. The first-order chi connectivity index (χ1) is 41.9. The molecule has 0 aromatic heterocycles. The molecule has 26 nitrogen and oxygen atoms in total. The summed E-state index contributed by atoms with van der Waals surface area (Å²) in [5, 5.41) is 25.3. The minimum Gasteiger partial charge on any atom is -0.480 e. The van der Waals surface area contributed by atoms with Gasteiger partial charge in [0.2, 0.25) is 53.2 Å². The molecule has 488 valence electrons. The summed E-state index contributed by atoms with van der Waals surface area (Å²) in [5.41, 5.74) is 1.93. The number of rotatable bonds is 24. The summed E-state index contributed by atoms with van der Waals surface area (Å²) in [6.45, 7) is 15.9. The minimum absolute atomic E-state index is 0.0376. The van der Waals surface area contributed by atoms with Crippen LogP contribution >= 0.6 is 0 Å². The van der Waals surface area contributed by atoms with E-state index in [9.17, 15) is 57.8 Å².